The molecule has 5 heteroatoms. The smallest absolute Gasteiger partial charge is 0.276 e. The largest absolute Gasteiger partial charge is 0.322 e. The topological polar surface area (TPSA) is 62.3 Å². The number of amides is 2. The van der Waals surface area contributed by atoms with Gasteiger partial charge in [0.25, 0.3) is 11.8 Å². The molecule has 0 saturated heterocycles. The maximum Gasteiger partial charge on any atom is 0.276 e. The molecule has 3 aromatic rings. The Bertz CT molecular complexity index is 1050. The quantitative estimate of drug-likeness (QED) is 0.752. The number of para-hydroxylation sites is 2. The van der Waals surface area contributed by atoms with E-state index < -0.39 is 0 Å². The Morgan fingerprint density at radius 1 is 1.00 bits per heavy atom. The van der Waals surface area contributed by atoms with Gasteiger partial charge in [-0.2, -0.15) is 0 Å². The van der Waals surface area contributed by atoms with Crippen LogP contribution in [0.1, 0.15) is 37.5 Å². The number of carbonyl (C=O) groups is 2. The van der Waals surface area contributed by atoms with Crippen molar-refractivity contribution in [3.63, 3.8) is 0 Å². The molecular weight excluding hydrogens is 350 g/mol. The van der Waals surface area contributed by atoms with Crippen LogP contribution in [0.5, 0.6) is 0 Å². The molecule has 1 aromatic heterocycles. The first-order valence-corrected chi connectivity index (χ1v) is 9.28. The predicted octanol–water partition coefficient (Wildman–Crippen LogP) is 4.15. The van der Waals surface area contributed by atoms with E-state index in [1.165, 1.54) is 6.20 Å². The van der Waals surface area contributed by atoms with E-state index in [2.05, 4.69) is 10.3 Å². The van der Waals surface area contributed by atoms with E-state index in [4.69, 9.17) is 0 Å². The molecule has 5 nitrogen and oxygen atoms in total. The maximum absolute atomic E-state index is 13.0. The van der Waals surface area contributed by atoms with E-state index in [0.29, 0.717) is 12.1 Å². The molecule has 28 heavy (non-hydrogen) atoms. The molecule has 1 aliphatic heterocycles. The Labute approximate surface area is 164 Å². The zero-order valence-corrected chi connectivity index (χ0v) is 15.9. The fraction of sp³-hybridized carbons (Fsp3) is 0.174. The van der Waals surface area contributed by atoms with Gasteiger partial charge in [0.2, 0.25) is 0 Å². The summed E-state index contributed by atoms with van der Waals surface area (Å²) < 4.78 is 0. The van der Waals surface area contributed by atoms with Gasteiger partial charge in [-0.05, 0) is 55.2 Å². The van der Waals surface area contributed by atoms with Gasteiger partial charge in [0, 0.05) is 29.7 Å². The predicted molar refractivity (Wildman–Crippen MR) is 110 cm³/mol. The number of rotatable bonds is 3. The maximum atomic E-state index is 13.0. The Morgan fingerprint density at radius 3 is 2.54 bits per heavy atom. The van der Waals surface area contributed by atoms with Crippen molar-refractivity contribution in [1.82, 2.24) is 4.98 Å². The number of hydrogen-bond acceptors (Lipinski definition) is 3. The monoisotopic (exact) mass is 371 g/mol. The van der Waals surface area contributed by atoms with Crippen LogP contribution in [0.4, 0.5) is 11.4 Å². The van der Waals surface area contributed by atoms with Crippen LogP contribution >= 0.6 is 0 Å². The zero-order valence-electron chi connectivity index (χ0n) is 15.9. The van der Waals surface area contributed by atoms with Crippen LogP contribution in [0, 0.1) is 13.8 Å². The molecule has 0 bridgehead atoms. The van der Waals surface area contributed by atoms with E-state index in [-0.39, 0.29) is 17.5 Å². The second-order valence-corrected chi connectivity index (χ2v) is 6.99. The van der Waals surface area contributed by atoms with Crippen molar-refractivity contribution in [1.29, 1.82) is 0 Å². The first kappa shape index (κ1) is 17.9. The highest BCUT2D eigenvalue weighted by Gasteiger charge is 2.26. The van der Waals surface area contributed by atoms with Gasteiger partial charge < -0.3 is 10.2 Å². The highest BCUT2D eigenvalue weighted by molar-refractivity contribution is 6.09. The summed E-state index contributed by atoms with van der Waals surface area (Å²) in [5, 5.41) is 2.95. The minimum Gasteiger partial charge on any atom is -0.322 e. The van der Waals surface area contributed by atoms with Gasteiger partial charge in [0.1, 0.15) is 5.69 Å². The second-order valence-electron chi connectivity index (χ2n) is 6.99. The Morgan fingerprint density at radius 2 is 1.75 bits per heavy atom. The van der Waals surface area contributed by atoms with Gasteiger partial charge >= 0.3 is 0 Å². The van der Waals surface area contributed by atoms with Gasteiger partial charge in [-0.25, -0.2) is 0 Å². The summed E-state index contributed by atoms with van der Waals surface area (Å²) in [4.78, 5) is 31.7. The minimum atomic E-state index is -0.254. The van der Waals surface area contributed by atoms with Crippen molar-refractivity contribution >= 4 is 23.2 Å². The molecule has 0 atom stereocenters. The van der Waals surface area contributed by atoms with Crippen LogP contribution in [0.3, 0.4) is 0 Å². The normalized spacial score (nSPS) is 12.6. The van der Waals surface area contributed by atoms with Crippen LogP contribution in [0.2, 0.25) is 0 Å². The van der Waals surface area contributed by atoms with Crippen molar-refractivity contribution in [2.45, 2.75) is 20.3 Å². The lowest BCUT2D eigenvalue weighted by atomic mass is 10.1. The number of aromatic nitrogens is 1. The van der Waals surface area contributed by atoms with Crippen molar-refractivity contribution in [3.05, 3.63) is 88.7 Å². The summed E-state index contributed by atoms with van der Waals surface area (Å²) >= 11 is 0. The first-order chi connectivity index (χ1) is 13.5. The highest BCUT2D eigenvalue weighted by atomic mass is 16.2. The lowest BCUT2D eigenvalue weighted by molar-refractivity contribution is 0.0984. The molecule has 0 aliphatic carbocycles. The van der Waals surface area contributed by atoms with Crippen LogP contribution in [0.25, 0.3) is 0 Å². The summed E-state index contributed by atoms with van der Waals surface area (Å²) in [6.07, 6.45) is 2.34. The van der Waals surface area contributed by atoms with Gasteiger partial charge in [-0.3, -0.25) is 14.6 Å². The lowest BCUT2D eigenvalue weighted by Gasteiger charge is -2.17. The number of hydrogen-bond donors (Lipinski definition) is 1. The Kier molecular flexibility index (Phi) is 4.65. The molecule has 0 saturated carbocycles. The minimum absolute atomic E-state index is 0.188. The number of fused-ring (bicyclic) bond motifs is 1. The zero-order chi connectivity index (χ0) is 19.7. The number of carbonyl (C=O) groups excluding carboxylic acids is 2. The van der Waals surface area contributed by atoms with Crippen LogP contribution in [0.15, 0.2) is 60.8 Å². The number of nitrogens with zero attached hydrogens (tertiary/aromatic N) is 2. The van der Waals surface area contributed by atoms with Crippen molar-refractivity contribution < 1.29 is 9.59 Å². The Hall–Kier alpha value is -3.47. The van der Waals surface area contributed by atoms with Gasteiger partial charge in [0.15, 0.2) is 0 Å². The van der Waals surface area contributed by atoms with Crippen molar-refractivity contribution in [3.8, 4) is 0 Å². The third-order valence-corrected chi connectivity index (χ3v) is 5.09. The molecule has 0 unspecified atom stereocenters. The molecule has 1 N–H and O–H groups in total. The van der Waals surface area contributed by atoms with Crippen LogP contribution < -0.4 is 10.2 Å². The second kappa shape index (κ2) is 7.27. The molecule has 2 heterocycles. The molecule has 0 fully saturated rings. The fourth-order valence-corrected chi connectivity index (χ4v) is 3.57. The summed E-state index contributed by atoms with van der Waals surface area (Å²) in [5.41, 5.74) is 5.53. The summed E-state index contributed by atoms with van der Waals surface area (Å²) in [5.74, 6) is -0.442. The van der Waals surface area contributed by atoms with Gasteiger partial charge in [0.05, 0.1) is 0 Å². The number of aryl methyl sites for hydroxylation is 2. The van der Waals surface area contributed by atoms with Crippen molar-refractivity contribution in [2.24, 2.45) is 0 Å². The average Bonchev–Trinajstić information content (AvgIpc) is 3.14. The Balaban J connectivity index is 1.58. The number of anilines is 2. The van der Waals surface area contributed by atoms with E-state index in [9.17, 15) is 9.59 Å². The fourth-order valence-electron chi connectivity index (χ4n) is 3.57. The molecule has 140 valence electrons. The highest BCUT2D eigenvalue weighted by Crippen LogP contribution is 2.28. The summed E-state index contributed by atoms with van der Waals surface area (Å²) in [6.45, 7) is 4.53. The summed E-state index contributed by atoms with van der Waals surface area (Å²) in [6, 6.07) is 16.9. The average molecular weight is 371 g/mol. The number of pyridine rings is 1. The van der Waals surface area contributed by atoms with Crippen molar-refractivity contribution in [2.75, 3.05) is 16.8 Å². The molecular formula is C23H21N3O2. The molecule has 4 rings (SSSR count). The third kappa shape index (κ3) is 3.27. The van der Waals surface area contributed by atoms with Crippen LogP contribution in [-0.4, -0.2) is 23.3 Å². The van der Waals surface area contributed by atoms with Gasteiger partial charge in [-0.15, -0.1) is 0 Å². The third-order valence-electron chi connectivity index (χ3n) is 5.09. The molecule has 0 spiro atoms. The number of benzene rings is 2. The standard InChI is InChI=1S/C23H21N3O2/c1-15-6-5-7-16(2)21(15)25-22(27)18-10-12-24-19(14-18)23(28)26-13-11-17-8-3-4-9-20(17)26/h3-10,12,14H,11,13H2,1-2H3,(H,25,27). The van der Waals surface area contributed by atoms with E-state index in [1.807, 2.05) is 56.3 Å². The first-order valence-electron chi connectivity index (χ1n) is 9.28. The molecule has 2 aromatic carbocycles. The van der Waals surface area contributed by atoms with E-state index in [0.717, 1.165) is 34.5 Å². The molecule has 1 aliphatic rings. The van der Waals surface area contributed by atoms with E-state index >= 15 is 0 Å². The van der Waals surface area contributed by atoms with Gasteiger partial charge in [-0.1, -0.05) is 36.4 Å². The molecule has 2 amide bonds. The van der Waals surface area contributed by atoms with E-state index in [1.54, 1.807) is 17.0 Å². The summed E-state index contributed by atoms with van der Waals surface area (Å²) in [7, 11) is 0. The SMILES string of the molecule is Cc1cccc(C)c1NC(=O)c1ccnc(C(=O)N2CCc3ccccc32)c1. The lowest BCUT2D eigenvalue weighted by Crippen LogP contribution is -2.30. The number of nitrogens with one attached hydrogen (secondary N) is 1. The van der Waals surface area contributed by atoms with Crippen LogP contribution in [-0.2, 0) is 6.42 Å². The molecule has 0 radical (unpaired) electrons.